The van der Waals surface area contributed by atoms with Crippen LogP contribution in [0.15, 0.2) is 5.38 Å². The summed E-state index contributed by atoms with van der Waals surface area (Å²) < 4.78 is 38.6. The fraction of sp³-hybridized carbons (Fsp3) is 0.786. The zero-order chi connectivity index (χ0) is 14.8. The van der Waals surface area contributed by atoms with Crippen LogP contribution in [-0.2, 0) is 6.42 Å². The van der Waals surface area contributed by atoms with Crippen LogP contribution < -0.4 is 5.32 Å². The average molecular weight is 306 g/mol. The van der Waals surface area contributed by atoms with E-state index in [0.717, 1.165) is 23.5 Å². The van der Waals surface area contributed by atoms with Crippen LogP contribution in [0.1, 0.15) is 36.4 Å². The molecule has 0 bridgehead atoms. The molecule has 0 aliphatic heterocycles. The first-order valence-electron chi connectivity index (χ1n) is 7.05. The van der Waals surface area contributed by atoms with Crippen LogP contribution in [-0.4, -0.2) is 24.2 Å². The van der Waals surface area contributed by atoms with E-state index in [1.165, 1.54) is 0 Å². The SMILES string of the molecule is CNC(Cc1csc(C)n1)C1CCCC(C(F)(F)F)C1. The summed E-state index contributed by atoms with van der Waals surface area (Å²) in [5.74, 6) is -1.04. The molecule has 1 aliphatic rings. The quantitative estimate of drug-likeness (QED) is 0.911. The Balaban J connectivity index is 2.00. The van der Waals surface area contributed by atoms with E-state index in [1.807, 2.05) is 19.4 Å². The molecule has 2 rings (SSSR count). The first-order chi connectivity index (χ1) is 9.40. The predicted octanol–water partition coefficient (Wildman–Crippen LogP) is 3.95. The minimum atomic E-state index is -4.05. The minimum absolute atomic E-state index is 0.0849. The summed E-state index contributed by atoms with van der Waals surface area (Å²) in [6.07, 6.45) is -1.25. The molecule has 0 spiro atoms. The number of aromatic nitrogens is 1. The van der Waals surface area contributed by atoms with Gasteiger partial charge in [-0.15, -0.1) is 11.3 Å². The third-order valence-electron chi connectivity index (χ3n) is 4.21. The molecule has 3 unspecified atom stereocenters. The largest absolute Gasteiger partial charge is 0.391 e. The Kier molecular flexibility index (Phi) is 5.07. The highest BCUT2D eigenvalue weighted by Crippen LogP contribution is 2.41. The Bertz CT molecular complexity index is 430. The zero-order valence-corrected chi connectivity index (χ0v) is 12.7. The van der Waals surface area contributed by atoms with Crippen LogP contribution in [0, 0.1) is 18.8 Å². The molecule has 1 heterocycles. The Labute approximate surface area is 121 Å². The van der Waals surface area contributed by atoms with Crippen molar-refractivity contribution in [2.75, 3.05) is 7.05 Å². The van der Waals surface area contributed by atoms with Crippen molar-refractivity contribution in [3.63, 3.8) is 0 Å². The highest BCUT2D eigenvalue weighted by molar-refractivity contribution is 7.09. The van der Waals surface area contributed by atoms with Gasteiger partial charge in [0.15, 0.2) is 0 Å². The number of aryl methyl sites for hydroxylation is 1. The highest BCUT2D eigenvalue weighted by atomic mass is 32.1. The molecule has 0 aromatic carbocycles. The average Bonchev–Trinajstić information content (AvgIpc) is 2.81. The Morgan fingerprint density at radius 3 is 2.75 bits per heavy atom. The van der Waals surface area contributed by atoms with Crippen molar-refractivity contribution in [2.45, 2.75) is 51.2 Å². The maximum atomic E-state index is 12.9. The molecule has 1 N–H and O–H groups in total. The first kappa shape index (κ1) is 15.8. The molecular weight excluding hydrogens is 285 g/mol. The number of likely N-dealkylation sites (N-methyl/N-ethyl adjacent to an activating group) is 1. The summed E-state index contributed by atoms with van der Waals surface area (Å²) >= 11 is 1.59. The van der Waals surface area contributed by atoms with Gasteiger partial charge in [-0.05, 0) is 39.2 Å². The molecule has 1 aromatic heterocycles. The Morgan fingerprint density at radius 1 is 1.45 bits per heavy atom. The lowest BCUT2D eigenvalue weighted by Gasteiger charge is -2.35. The molecular formula is C14H21F3N2S. The molecule has 1 aromatic rings. The molecule has 114 valence electrons. The van der Waals surface area contributed by atoms with Crippen molar-refractivity contribution in [3.05, 3.63) is 16.1 Å². The lowest BCUT2D eigenvalue weighted by Crippen LogP contribution is -2.40. The zero-order valence-electron chi connectivity index (χ0n) is 11.8. The first-order valence-corrected chi connectivity index (χ1v) is 7.93. The van der Waals surface area contributed by atoms with Gasteiger partial charge in [0, 0.05) is 17.8 Å². The standard InChI is InChI=1S/C14H21F3N2S/c1-9-19-12(8-20-9)7-13(18-2)10-4-3-5-11(6-10)14(15,16)17/h8,10-11,13,18H,3-7H2,1-2H3. The number of thiazole rings is 1. The van der Waals surface area contributed by atoms with Gasteiger partial charge in [-0.1, -0.05) is 6.42 Å². The molecule has 0 saturated heterocycles. The smallest absolute Gasteiger partial charge is 0.316 e. The Hall–Kier alpha value is -0.620. The van der Waals surface area contributed by atoms with Crippen molar-refractivity contribution in [1.29, 1.82) is 0 Å². The van der Waals surface area contributed by atoms with E-state index in [4.69, 9.17) is 0 Å². The monoisotopic (exact) mass is 306 g/mol. The van der Waals surface area contributed by atoms with E-state index in [9.17, 15) is 13.2 Å². The predicted molar refractivity (Wildman–Crippen MR) is 74.9 cm³/mol. The van der Waals surface area contributed by atoms with Crippen LogP contribution in [0.5, 0.6) is 0 Å². The van der Waals surface area contributed by atoms with E-state index in [2.05, 4.69) is 10.3 Å². The van der Waals surface area contributed by atoms with Crippen LogP contribution in [0.3, 0.4) is 0 Å². The second-order valence-corrected chi connectivity index (χ2v) is 6.68. The molecule has 3 atom stereocenters. The third kappa shape index (κ3) is 3.95. The van der Waals surface area contributed by atoms with Gasteiger partial charge < -0.3 is 5.32 Å². The van der Waals surface area contributed by atoms with Crippen molar-refractivity contribution in [1.82, 2.24) is 10.3 Å². The summed E-state index contributed by atoms with van der Waals surface area (Å²) in [6.45, 7) is 1.95. The molecule has 6 heteroatoms. The maximum Gasteiger partial charge on any atom is 0.391 e. The van der Waals surface area contributed by atoms with Crippen molar-refractivity contribution in [3.8, 4) is 0 Å². The molecule has 20 heavy (non-hydrogen) atoms. The number of rotatable bonds is 4. The van der Waals surface area contributed by atoms with E-state index in [0.29, 0.717) is 6.42 Å². The van der Waals surface area contributed by atoms with Gasteiger partial charge in [0.1, 0.15) is 0 Å². The van der Waals surface area contributed by atoms with Crippen molar-refractivity contribution < 1.29 is 13.2 Å². The second-order valence-electron chi connectivity index (χ2n) is 5.62. The topological polar surface area (TPSA) is 24.9 Å². The number of halogens is 3. The number of nitrogens with one attached hydrogen (secondary N) is 1. The minimum Gasteiger partial charge on any atom is -0.316 e. The summed E-state index contributed by atoms with van der Waals surface area (Å²) in [7, 11) is 1.83. The summed E-state index contributed by atoms with van der Waals surface area (Å²) in [5.41, 5.74) is 0.987. The van der Waals surface area contributed by atoms with Crippen molar-refractivity contribution in [2.24, 2.45) is 11.8 Å². The summed E-state index contributed by atoms with van der Waals surface area (Å²) in [4.78, 5) is 4.42. The molecule has 1 aliphatic carbocycles. The number of hydrogen-bond acceptors (Lipinski definition) is 3. The van der Waals surface area contributed by atoms with Crippen LogP contribution in [0.25, 0.3) is 0 Å². The number of alkyl halides is 3. The highest BCUT2D eigenvalue weighted by Gasteiger charge is 2.43. The fourth-order valence-electron chi connectivity index (χ4n) is 3.12. The summed E-state index contributed by atoms with van der Waals surface area (Å²) in [5, 5.41) is 6.21. The lowest BCUT2D eigenvalue weighted by atomic mass is 9.76. The molecule has 0 radical (unpaired) electrons. The van der Waals surface area contributed by atoms with Gasteiger partial charge in [0.05, 0.1) is 16.6 Å². The van der Waals surface area contributed by atoms with Gasteiger partial charge in [-0.2, -0.15) is 13.2 Å². The third-order valence-corrected chi connectivity index (χ3v) is 5.04. The molecule has 2 nitrogen and oxygen atoms in total. The maximum absolute atomic E-state index is 12.9. The van der Waals surface area contributed by atoms with Crippen LogP contribution in [0.4, 0.5) is 13.2 Å². The van der Waals surface area contributed by atoms with E-state index >= 15 is 0 Å². The van der Waals surface area contributed by atoms with Crippen molar-refractivity contribution >= 4 is 11.3 Å². The number of hydrogen-bond donors (Lipinski definition) is 1. The lowest BCUT2D eigenvalue weighted by molar-refractivity contribution is -0.186. The van der Waals surface area contributed by atoms with Crippen LogP contribution in [0.2, 0.25) is 0 Å². The van der Waals surface area contributed by atoms with Gasteiger partial charge in [0.25, 0.3) is 0 Å². The van der Waals surface area contributed by atoms with Gasteiger partial charge in [0.2, 0.25) is 0 Å². The van der Waals surface area contributed by atoms with Crippen LogP contribution >= 0.6 is 11.3 Å². The normalized spacial score (nSPS) is 25.6. The number of nitrogens with zero attached hydrogens (tertiary/aromatic N) is 1. The Morgan fingerprint density at radius 2 is 2.20 bits per heavy atom. The van der Waals surface area contributed by atoms with Gasteiger partial charge in [-0.3, -0.25) is 0 Å². The van der Waals surface area contributed by atoms with Gasteiger partial charge >= 0.3 is 6.18 Å². The van der Waals surface area contributed by atoms with E-state index < -0.39 is 12.1 Å². The van der Waals surface area contributed by atoms with E-state index in [1.54, 1.807) is 11.3 Å². The van der Waals surface area contributed by atoms with Gasteiger partial charge in [-0.25, -0.2) is 4.98 Å². The van der Waals surface area contributed by atoms with E-state index in [-0.39, 0.29) is 24.8 Å². The molecule has 1 saturated carbocycles. The molecule has 1 fully saturated rings. The fourth-order valence-corrected chi connectivity index (χ4v) is 3.75. The molecule has 0 amide bonds. The summed E-state index contributed by atoms with van der Waals surface area (Å²) in [6, 6.07) is 0.0849. The second kappa shape index (κ2) is 6.43.